The van der Waals surface area contributed by atoms with Crippen molar-refractivity contribution in [3.8, 4) is 0 Å². The first-order valence-electron chi connectivity index (χ1n) is 5.53. The summed E-state index contributed by atoms with van der Waals surface area (Å²) >= 11 is 7.53. The molecule has 0 bridgehead atoms. The molecule has 0 saturated carbocycles. The second-order valence-electron chi connectivity index (χ2n) is 4.97. The van der Waals surface area contributed by atoms with Gasteiger partial charge in [0.25, 0.3) is 0 Å². The molecule has 1 aromatic rings. The molecule has 0 aromatic heterocycles. The van der Waals surface area contributed by atoms with Crippen molar-refractivity contribution in [1.82, 2.24) is 0 Å². The Hall–Kier alpha value is -0.390. The second-order valence-corrected chi connectivity index (χ2v) is 9.38. The van der Waals surface area contributed by atoms with Gasteiger partial charge in [-0.3, -0.25) is 0 Å². The molecule has 0 saturated heterocycles. The number of anilines is 1. The zero-order valence-corrected chi connectivity index (χ0v) is 13.1. The van der Waals surface area contributed by atoms with Crippen molar-refractivity contribution >= 4 is 38.9 Å². The van der Waals surface area contributed by atoms with Crippen LogP contribution in [0.25, 0.3) is 0 Å². The first-order valence-corrected chi connectivity index (χ1v) is 8.55. The fourth-order valence-corrected chi connectivity index (χ4v) is 4.55. The van der Waals surface area contributed by atoms with Gasteiger partial charge >= 0.3 is 0 Å². The molecule has 1 aromatic carbocycles. The molecule has 0 spiro atoms. The van der Waals surface area contributed by atoms with Crippen molar-refractivity contribution in [3.63, 3.8) is 0 Å². The highest BCUT2D eigenvalue weighted by molar-refractivity contribution is 8.01. The Morgan fingerprint density at radius 2 is 1.94 bits per heavy atom. The van der Waals surface area contributed by atoms with Crippen LogP contribution in [-0.2, 0) is 9.84 Å². The van der Waals surface area contributed by atoms with Crippen molar-refractivity contribution in [3.05, 3.63) is 23.2 Å². The van der Waals surface area contributed by atoms with E-state index in [1.807, 2.05) is 0 Å². The lowest BCUT2D eigenvalue weighted by molar-refractivity contribution is 0.597. The maximum atomic E-state index is 12.1. The van der Waals surface area contributed by atoms with Gasteiger partial charge in [0.15, 0.2) is 9.84 Å². The molecular formula is C12H18ClNO2S2. The third-order valence-electron chi connectivity index (χ3n) is 2.18. The molecule has 0 aliphatic heterocycles. The minimum atomic E-state index is -3.34. The van der Waals surface area contributed by atoms with Crippen molar-refractivity contribution in [1.29, 1.82) is 0 Å². The fraction of sp³-hybridized carbons (Fsp3) is 0.500. The molecule has 0 aliphatic rings. The summed E-state index contributed by atoms with van der Waals surface area (Å²) in [4.78, 5) is 0.160. The zero-order chi connectivity index (χ0) is 14.0. The van der Waals surface area contributed by atoms with Crippen molar-refractivity contribution in [2.75, 3.05) is 17.2 Å². The van der Waals surface area contributed by atoms with Gasteiger partial charge in [-0.15, -0.1) is 0 Å². The Labute approximate surface area is 118 Å². The molecule has 0 unspecified atom stereocenters. The molecule has 3 nitrogen and oxygen atoms in total. The minimum absolute atomic E-state index is 0.0560. The van der Waals surface area contributed by atoms with Gasteiger partial charge in [0, 0.05) is 16.2 Å². The van der Waals surface area contributed by atoms with E-state index in [1.54, 1.807) is 17.8 Å². The Kier molecular flexibility index (Phi) is 4.98. The van der Waals surface area contributed by atoms with Crippen LogP contribution in [0.2, 0.25) is 5.02 Å². The zero-order valence-electron chi connectivity index (χ0n) is 10.7. The van der Waals surface area contributed by atoms with Gasteiger partial charge in [0.05, 0.1) is 15.7 Å². The van der Waals surface area contributed by atoms with Crippen LogP contribution >= 0.6 is 23.4 Å². The Balaban J connectivity index is 2.81. The van der Waals surface area contributed by atoms with Gasteiger partial charge in [-0.2, -0.15) is 11.8 Å². The molecule has 0 fully saturated rings. The molecule has 2 N–H and O–H groups in total. The van der Waals surface area contributed by atoms with Crippen molar-refractivity contribution < 1.29 is 8.42 Å². The van der Waals surface area contributed by atoms with Crippen LogP contribution in [0.15, 0.2) is 23.1 Å². The first kappa shape index (κ1) is 15.7. The first-order chi connectivity index (χ1) is 8.12. The lowest BCUT2D eigenvalue weighted by Crippen LogP contribution is -2.15. The summed E-state index contributed by atoms with van der Waals surface area (Å²) in [7, 11) is -3.34. The molecule has 0 radical (unpaired) electrons. The average molecular weight is 308 g/mol. The Bertz CT molecular complexity index is 521. The SMILES string of the molecule is CC(C)(C)SCCS(=O)(=O)c1ccc(N)cc1Cl. The smallest absolute Gasteiger partial charge is 0.180 e. The molecular weight excluding hydrogens is 290 g/mol. The molecule has 102 valence electrons. The van der Waals surface area contributed by atoms with E-state index < -0.39 is 9.84 Å². The van der Waals surface area contributed by atoms with Gasteiger partial charge in [-0.05, 0) is 18.2 Å². The summed E-state index contributed by atoms with van der Waals surface area (Å²) < 4.78 is 24.3. The summed E-state index contributed by atoms with van der Waals surface area (Å²) in [6.07, 6.45) is 0. The van der Waals surface area contributed by atoms with Crippen LogP contribution in [0.3, 0.4) is 0 Å². The van der Waals surface area contributed by atoms with E-state index >= 15 is 0 Å². The normalized spacial score (nSPS) is 12.7. The molecule has 0 heterocycles. The maximum absolute atomic E-state index is 12.1. The predicted molar refractivity (Wildman–Crippen MR) is 80.1 cm³/mol. The van der Waals surface area contributed by atoms with Crippen LogP contribution in [0, 0.1) is 0 Å². The second kappa shape index (κ2) is 5.72. The summed E-state index contributed by atoms with van der Waals surface area (Å²) in [6, 6.07) is 4.48. The van der Waals surface area contributed by atoms with E-state index in [1.165, 1.54) is 12.1 Å². The van der Waals surface area contributed by atoms with Gasteiger partial charge in [0.2, 0.25) is 0 Å². The lowest BCUT2D eigenvalue weighted by Gasteiger charge is -2.17. The van der Waals surface area contributed by atoms with Gasteiger partial charge < -0.3 is 5.73 Å². The number of rotatable bonds is 4. The number of sulfone groups is 1. The summed E-state index contributed by atoms with van der Waals surface area (Å²) in [5.74, 6) is 0.630. The number of thioether (sulfide) groups is 1. The van der Waals surface area contributed by atoms with Crippen LogP contribution in [0.1, 0.15) is 20.8 Å². The van der Waals surface area contributed by atoms with Gasteiger partial charge in [-0.25, -0.2) is 8.42 Å². The van der Waals surface area contributed by atoms with E-state index in [9.17, 15) is 8.42 Å². The van der Waals surface area contributed by atoms with E-state index in [0.29, 0.717) is 11.4 Å². The average Bonchev–Trinajstić information content (AvgIpc) is 2.13. The van der Waals surface area contributed by atoms with Crippen LogP contribution in [0.4, 0.5) is 5.69 Å². The Morgan fingerprint density at radius 1 is 1.33 bits per heavy atom. The highest BCUT2D eigenvalue weighted by Gasteiger charge is 2.19. The summed E-state index contributed by atoms with van der Waals surface area (Å²) in [5.41, 5.74) is 6.01. The molecule has 18 heavy (non-hydrogen) atoms. The molecule has 0 aliphatic carbocycles. The largest absolute Gasteiger partial charge is 0.399 e. The van der Waals surface area contributed by atoms with Gasteiger partial charge in [-0.1, -0.05) is 32.4 Å². The third-order valence-corrected chi connectivity index (χ3v) is 5.90. The highest BCUT2D eigenvalue weighted by Crippen LogP contribution is 2.27. The van der Waals surface area contributed by atoms with E-state index in [0.717, 1.165) is 0 Å². The standard InChI is InChI=1S/C12H18ClNO2S2/c1-12(2,3)17-6-7-18(15,16)11-5-4-9(14)8-10(11)13/h4-5,8H,6-7,14H2,1-3H3. The van der Waals surface area contributed by atoms with Crippen molar-refractivity contribution in [2.45, 2.75) is 30.4 Å². The van der Waals surface area contributed by atoms with Gasteiger partial charge in [0.1, 0.15) is 0 Å². The molecule has 6 heteroatoms. The van der Waals surface area contributed by atoms with E-state index in [-0.39, 0.29) is 20.4 Å². The van der Waals surface area contributed by atoms with E-state index in [4.69, 9.17) is 17.3 Å². The number of hydrogen-bond donors (Lipinski definition) is 1. The summed E-state index contributed by atoms with van der Waals surface area (Å²) in [5, 5.41) is 0.191. The predicted octanol–water partition coefficient (Wildman–Crippen LogP) is 3.23. The monoisotopic (exact) mass is 307 g/mol. The number of nitrogens with two attached hydrogens (primary N) is 1. The third kappa shape index (κ3) is 4.71. The van der Waals surface area contributed by atoms with Crippen LogP contribution in [-0.4, -0.2) is 24.7 Å². The minimum Gasteiger partial charge on any atom is -0.399 e. The van der Waals surface area contributed by atoms with E-state index in [2.05, 4.69) is 20.8 Å². The quantitative estimate of drug-likeness (QED) is 0.868. The summed E-state index contributed by atoms with van der Waals surface area (Å²) in [6.45, 7) is 6.17. The van der Waals surface area contributed by atoms with Crippen LogP contribution < -0.4 is 5.73 Å². The Morgan fingerprint density at radius 3 is 2.44 bits per heavy atom. The molecule has 1 rings (SSSR count). The van der Waals surface area contributed by atoms with Crippen molar-refractivity contribution in [2.24, 2.45) is 0 Å². The number of halogens is 1. The van der Waals surface area contributed by atoms with Crippen LogP contribution in [0.5, 0.6) is 0 Å². The lowest BCUT2D eigenvalue weighted by atomic mass is 10.3. The fourth-order valence-electron chi connectivity index (χ4n) is 1.34. The number of nitrogen functional groups attached to an aromatic ring is 1. The molecule has 0 amide bonds. The topological polar surface area (TPSA) is 60.2 Å². The number of hydrogen-bond acceptors (Lipinski definition) is 4. The maximum Gasteiger partial charge on any atom is 0.180 e. The molecule has 0 atom stereocenters. The highest BCUT2D eigenvalue weighted by atomic mass is 35.5. The number of benzene rings is 1.